The maximum absolute atomic E-state index is 12.5. The normalized spacial score (nSPS) is 11.1. The average Bonchev–Trinajstić information content (AvgIpc) is 2.92. The summed E-state index contributed by atoms with van der Waals surface area (Å²) in [7, 11) is 0. The summed E-state index contributed by atoms with van der Waals surface area (Å²) in [5.41, 5.74) is 4.21. The SMILES string of the molecule is Cc1c(C=O)c(-c2nc3ccccc3c(=O)[nH]2)c(C)n1-c1ccc(I)cc1. The zero-order chi connectivity index (χ0) is 19.1. The topological polar surface area (TPSA) is 67.8 Å². The van der Waals surface area contributed by atoms with Crippen molar-refractivity contribution in [1.29, 1.82) is 0 Å². The fraction of sp³-hybridized carbons (Fsp3) is 0.0952. The van der Waals surface area contributed by atoms with Gasteiger partial charge in [-0.05, 0) is 72.8 Å². The van der Waals surface area contributed by atoms with Crippen LogP contribution >= 0.6 is 22.6 Å². The van der Waals surface area contributed by atoms with Gasteiger partial charge in [-0.2, -0.15) is 0 Å². The van der Waals surface area contributed by atoms with Crippen molar-refractivity contribution >= 4 is 39.8 Å². The van der Waals surface area contributed by atoms with Crippen molar-refractivity contribution in [2.24, 2.45) is 0 Å². The number of aromatic amines is 1. The Balaban J connectivity index is 2.02. The first kappa shape index (κ1) is 17.7. The Bertz CT molecular complexity index is 1240. The lowest BCUT2D eigenvalue weighted by molar-refractivity contribution is 0.112. The van der Waals surface area contributed by atoms with E-state index in [1.165, 1.54) is 0 Å². The van der Waals surface area contributed by atoms with Gasteiger partial charge in [-0.1, -0.05) is 12.1 Å². The van der Waals surface area contributed by atoms with Gasteiger partial charge in [0.15, 0.2) is 6.29 Å². The molecule has 6 heteroatoms. The highest BCUT2D eigenvalue weighted by Gasteiger charge is 2.21. The third-order valence-electron chi connectivity index (χ3n) is 4.74. The van der Waals surface area contributed by atoms with Crippen molar-refractivity contribution in [3.8, 4) is 17.1 Å². The summed E-state index contributed by atoms with van der Waals surface area (Å²) in [5.74, 6) is 0.408. The number of carbonyl (C=O) groups is 1. The molecule has 2 aromatic carbocycles. The summed E-state index contributed by atoms with van der Waals surface area (Å²) in [6.45, 7) is 3.83. The number of nitrogens with one attached hydrogen (secondary N) is 1. The molecule has 2 aromatic heterocycles. The highest BCUT2D eigenvalue weighted by Crippen LogP contribution is 2.32. The first-order valence-corrected chi connectivity index (χ1v) is 9.51. The molecule has 0 aliphatic heterocycles. The molecule has 0 saturated heterocycles. The standard InChI is InChI=1S/C21H16IN3O2/c1-12-17(11-26)19(13(2)25(12)15-9-7-14(22)8-10-15)20-23-18-6-4-3-5-16(18)21(27)24-20/h3-11H,1-2H3,(H,23,24,27). The number of para-hydroxylation sites is 1. The average molecular weight is 469 g/mol. The van der Waals surface area contributed by atoms with E-state index < -0.39 is 0 Å². The summed E-state index contributed by atoms with van der Waals surface area (Å²) < 4.78 is 3.15. The molecule has 0 saturated carbocycles. The third-order valence-corrected chi connectivity index (χ3v) is 5.46. The first-order valence-electron chi connectivity index (χ1n) is 8.43. The van der Waals surface area contributed by atoms with E-state index in [0.717, 1.165) is 26.9 Å². The smallest absolute Gasteiger partial charge is 0.259 e. The van der Waals surface area contributed by atoms with Gasteiger partial charge in [-0.25, -0.2) is 4.98 Å². The number of nitrogens with zero attached hydrogens (tertiary/aromatic N) is 2. The summed E-state index contributed by atoms with van der Waals surface area (Å²) in [5, 5.41) is 0.528. The second-order valence-electron chi connectivity index (χ2n) is 6.32. The molecule has 0 amide bonds. The van der Waals surface area contributed by atoms with E-state index in [9.17, 15) is 9.59 Å². The number of halogens is 1. The number of hydrogen-bond donors (Lipinski definition) is 1. The van der Waals surface area contributed by atoms with Crippen molar-refractivity contribution in [3.05, 3.63) is 79.4 Å². The number of fused-ring (bicyclic) bond motifs is 1. The number of H-pyrrole nitrogens is 1. The molecule has 0 atom stereocenters. The van der Waals surface area contributed by atoms with Gasteiger partial charge >= 0.3 is 0 Å². The summed E-state index contributed by atoms with van der Waals surface area (Å²) in [6.07, 6.45) is 0.829. The van der Waals surface area contributed by atoms with Crippen LogP contribution in [0.2, 0.25) is 0 Å². The van der Waals surface area contributed by atoms with E-state index >= 15 is 0 Å². The summed E-state index contributed by atoms with van der Waals surface area (Å²) in [4.78, 5) is 31.8. The van der Waals surface area contributed by atoms with Gasteiger partial charge in [0.1, 0.15) is 5.82 Å². The maximum atomic E-state index is 12.5. The van der Waals surface area contributed by atoms with E-state index in [1.807, 2.05) is 48.7 Å². The molecule has 0 unspecified atom stereocenters. The second kappa shape index (κ2) is 6.77. The molecule has 0 fully saturated rings. The lowest BCUT2D eigenvalue weighted by Gasteiger charge is -2.10. The second-order valence-corrected chi connectivity index (χ2v) is 7.57. The Labute approximate surface area is 169 Å². The molecule has 5 nitrogen and oxygen atoms in total. The van der Waals surface area contributed by atoms with E-state index in [4.69, 9.17) is 0 Å². The number of aromatic nitrogens is 3. The summed E-state index contributed by atoms with van der Waals surface area (Å²) >= 11 is 2.26. The fourth-order valence-electron chi connectivity index (χ4n) is 3.49. The van der Waals surface area contributed by atoms with E-state index in [0.29, 0.717) is 27.9 Å². The molecule has 0 bridgehead atoms. The molecule has 0 aliphatic rings. The number of hydrogen-bond acceptors (Lipinski definition) is 3. The van der Waals surface area contributed by atoms with Crippen molar-refractivity contribution in [1.82, 2.24) is 14.5 Å². The van der Waals surface area contributed by atoms with Gasteiger partial charge in [0.05, 0.1) is 10.9 Å². The molecule has 134 valence electrons. The maximum Gasteiger partial charge on any atom is 0.259 e. The van der Waals surface area contributed by atoms with Crippen molar-refractivity contribution < 1.29 is 4.79 Å². The molecule has 4 rings (SSSR count). The zero-order valence-electron chi connectivity index (χ0n) is 14.8. The predicted molar refractivity (Wildman–Crippen MR) is 115 cm³/mol. The monoisotopic (exact) mass is 469 g/mol. The minimum atomic E-state index is -0.216. The molecule has 2 heterocycles. The highest BCUT2D eigenvalue weighted by molar-refractivity contribution is 14.1. The van der Waals surface area contributed by atoms with Crippen LogP contribution in [0.25, 0.3) is 28.0 Å². The minimum Gasteiger partial charge on any atom is -0.317 e. The Morgan fingerprint density at radius 3 is 2.44 bits per heavy atom. The largest absolute Gasteiger partial charge is 0.317 e. The molecule has 4 aromatic rings. The van der Waals surface area contributed by atoms with Crippen LogP contribution in [0.5, 0.6) is 0 Å². The fourth-order valence-corrected chi connectivity index (χ4v) is 3.84. The Hall–Kier alpha value is -2.74. The minimum absolute atomic E-state index is 0.216. The molecule has 1 N–H and O–H groups in total. The lowest BCUT2D eigenvalue weighted by Crippen LogP contribution is -2.10. The number of aldehydes is 1. The molecule has 0 radical (unpaired) electrons. The third kappa shape index (κ3) is 2.90. The van der Waals surface area contributed by atoms with Crippen LogP contribution < -0.4 is 5.56 Å². The van der Waals surface area contributed by atoms with Gasteiger partial charge in [-0.15, -0.1) is 0 Å². The van der Waals surface area contributed by atoms with E-state index in [2.05, 4.69) is 32.6 Å². The van der Waals surface area contributed by atoms with Crippen molar-refractivity contribution in [2.45, 2.75) is 13.8 Å². The number of benzene rings is 2. The molecule has 27 heavy (non-hydrogen) atoms. The van der Waals surface area contributed by atoms with Gasteiger partial charge in [0.25, 0.3) is 5.56 Å². The Morgan fingerprint density at radius 1 is 1.04 bits per heavy atom. The van der Waals surface area contributed by atoms with Gasteiger partial charge in [-0.3, -0.25) is 9.59 Å². The van der Waals surface area contributed by atoms with Crippen molar-refractivity contribution in [2.75, 3.05) is 0 Å². The highest BCUT2D eigenvalue weighted by atomic mass is 127. The van der Waals surface area contributed by atoms with Crippen LogP contribution in [-0.4, -0.2) is 20.8 Å². The van der Waals surface area contributed by atoms with Crippen LogP contribution in [-0.2, 0) is 0 Å². The lowest BCUT2D eigenvalue weighted by atomic mass is 10.1. The van der Waals surface area contributed by atoms with Crippen LogP contribution in [0.4, 0.5) is 0 Å². The number of rotatable bonds is 3. The zero-order valence-corrected chi connectivity index (χ0v) is 16.9. The Morgan fingerprint density at radius 2 is 1.74 bits per heavy atom. The Kier molecular flexibility index (Phi) is 4.43. The molecule has 0 spiro atoms. The summed E-state index contributed by atoms with van der Waals surface area (Å²) in [6, 6.07) is 15.2. The molecule has 0 aliphatic carbocycles. The van der Waals surface area contributed by atoms with Crippen LogP contribution in [0.1, 0.15) is 21.7 Å². The van der Waals surface area contributed by atoms with Gasteiger partial charge < -0.3 is 9.55 Å². The quantitative estimate of drug-likeness (QED) is 0.357. The van der Waals surface area contributed by atoms with E-state index in [-0.39, 0.29) is 5.56 Å². The van der Waals surface area contributed by atoms with Crippen LogP contribution in [0.15, 0.2) is 53.3 Å². The predicted octanol–water partition coefficient (Wildman–Crippen LogP) is 4.41. The van der Waals surface area contributed by atoms with Crippen molar-refractivity contribution in [3.63, 3.8) is 0 Å². The molecular weight excluding hydrogens is 453 g/mol. The molecular formula is C21H16IN3O2. The van der Waals surface area contributed by atoms with Crippen LogP contribution in [0.3, 0.4) is 0 Å². The van der Waals surface area contributed by atoms with Gasteiger partial charge in [0, 0.05) is 31.8 Å². The van der Waals surface area contributed by atoms with Crippen LogP contribution in [0, 0.1) is 17.4 Å². The van der Waals surface area contributed by atoms with Gasteiger partial charge in [0.2, 0.25) is 0 Å². The van der Waals surface area contributed by atoms with E-state index in [1.54, 1.807) is 18.2 Å². The number of carbonyl (C=O) groups excluding carboxylic acids is 1. The first-order chi connectivity index (χ1) is 13.0.